The van der Waals surface area contributed by atoms with Crippen molar-refractivity contribution in [2.24, 2.45) is 11.3 Å². The predicted octanol–water partition coefficient (Wildman–Crippen LogP) is 4.82. The first-order valence-electron chi connectivity index (χ1n) is 5.99. The van der Waals surface area contributed by atoms with Crippen molar-refractivity contribution >= 4 is 51.6 Å². The first-order valence-corrected chi connectivity index (χ1v) is 10.1. The summed E-state index contributed by atoms with van der Waals surface area (Å²) in [7, 11) is 1.81. The van der Waals surface area contributed by atoms with Crippen LogP contribution in [-0.4, -0.2) is 20.8 Å². The lowest BCUT2D eigenvalue weighted by Crippen LogP contribution is -2.31. The van der Waals surface area contributed by atoms with Gasteiger partial charge in [0.15, 0.2) is 0 Å². The summed E-state index contributed by atoms with van der Waals surface area (Å²) in [6.45, 7) is 6.20. The van der Waals surface area contributed by atoms with Crippen LogP contribution in [0.2, 0.25) is 0 Å². The summed E-state index contributed by atoms with van der Waals surface area (Å²) >= 11 is 6.78. The molecule has 1 aromatic carbocycles. The molecule has 1 aromatic rings. The smallest absolute Gasteiger partial charge is 0.233 e. The number of hydrogen-bond acceptors (Lipinski definition) is 3. The summed E-state index contributed by atoms with van der Waals surface area (Å²) in [4.78, 5) is 0. The minimum atomic E-state index is -3.55. The maximum Gasteiger partial charge on any atom is 0.233 e. The largest absolute Gasteiger partial charge is 0.492 e. The average molecular weight is 449 g/mol. The van der Waals surface area contributed by atoms with E-state index in [1.165, 1.54) is 0 Å². The molecule has 3 nitrogen and oxygen atoms in total. The summed E-state index contributed by atoms with van der Waals surface area (Å²) in [6.07, 6.45) is 0. The normalized spacial score (nSPS) is 14.1. The van der Waals surface area contributed by atoms with Crippen molar-refractivity contribution in [2.45, 2.75) is 20.8 Å². The van der Waals surface area contributed by atoms with Crippen LogP contribution < -0.4 is 4.74 Å². The van der Waals surface area contributed by atoms with Gasteiger partial charge in [0.05, 0.1) is 16.8 Å². The molecule has 0 saturated carbocycles. The van der Waals surface area contributed by atoms with Crippen LogP contribution in [0.15, 0.2) is 27.1 Å². The first kappa shape index (κ1) is 18.3. The van der Waals surface area contributed by atoms with Crippen LogP contribution in [-0.2, 0) is 9.05 Å². The molecule has 0 heterocycles. The second-order valence-corrected chi connectivity index (χ2v) is 10.2. The number of benzene rings is 1. The highest BCUT2D eigenvalue weighted by atomic mass is 79.9. The number of rotatable bonds is 5. The molecule has 1 atom stereocenters. The average Bonchev–Trinajstić information content (AvgIpc) is 2.23. The molecule has 0 N–H and O–H groups in total. The third kappa shape index (κ3) is 6.33. The maximum atomic E-state index is 11.3. The Morgan fingerprint density at radius 3 is 2.35 bits per heavy atom. The molecule has 0 amide bonds. The van der Waals surface area contributed by atoms with E-state index in [0.29, 0.717) is 5.75 Å². The highest BCUT2D eigenvalue weighted by molar-refractivity contribution is 9.11. The zero-order valence-electron chi connectivity index (χ0n) is 11.5. The maximum absolute atomic E-state index is 11.3. The van der Waals surface area contributed by atoms with Crippen LogP contribution >= 0.6 is 42.5 Å². The highest BCUT2D eigenvalue weighted by Gasteiger charge is 2.29. The van der Waals surface area contributed by atoms with E-state index in [-0.39, 0.29) is 23.7 Å². The van der Waals surface area contributed by atoms with Crippen molar-refractivity contribution in [2.75, 3.05) is 12.4 Å². The van der Waals surface area contributed by atoms with Crippen molar-refractivity contribution in [3.05, 3.63) is 27.1 Å². The van der Waals surface area contributed by atoms with Crippen LogP contribution in [0.4, 0.5) is 0 Å². The van der Waals surface area contributed by atoms with E-state index in [0.717, 1.165) is 8.95 Å². The van der Waals surface area contributed by atoms with Gasteiger partial charge in [0.25, 0.3) is 0 Å². The molecule has 0 saturated heterocycles. The topological polar surface area (TPSA) is 43.4 Å². The van der Waals surface area contributed by atoms with E-state index >= 15 is 0 Å². The van der Waals surface area contributed by atoms with Gasteiger partial charge < -0.3 is 4.74 Å². The van der Waals surface area contributed by atoms with Crippen molar-refractivity contribution < 1.29 is 13.2 Å². The third-order valence-corrected chi connectivity index (χ3v) is 5.25. The summed E-state index contributed by atoms with van der Waals surface area (Å²) in [5.74, 6) is 0.376. The van der Waals surface area contributed by atoms with Crippen molar-refractivity contribution in [1.82, 2.24) is 0 Å². The fraction of sp³-hybridized carbons (Fsp3) is 0.538. The Morgan fingerprint density at radius 2 is 1.90 bits per heavy atom. The van der Waals surface area contributed by atoms with E-state index in [1.807, 2.05) is 39.0 Å². The predicted molar refractivity (Wildman–Crippen MR) is 89.9 cm³/mol. The van der Waals surface area contributed by atoms with Crippen molar-refractivity contribution in [1.29, 1.82) is 0 Å². The van der Waals surface area contributed by atoms with Gasteiger partial charge in [-0.15, -0.1) is 0 Å². The van der Waals surface area contributed by atoms with Gasteiger partial charge in [0.1, 0.15) is 5.75 Å². The molecule has 0 radical (unpaired) electrons. The summed E-state index contributed by atoms with van der Waals surface area (Å²) in [6, 6.07) is 5.56. The monoisotopic (exact) mass is 446 g/mol. The Bertz CT molecular complexity index is 567. The van der Waals surface area contributed by atoms with Crippen LogP contribution in [0.1, 0.15) is 20.8 Å². The number of hydrogen-bond donors (Lipinski definition) is 0. The molecule has 0 aromatic heterocycles. The molecule has 0 spiro atoms. The summed E-state index contributed by atoms with van der Waals surface area (Å²) in [5.41, 5.74) is -0.218. The Balaban J connectivity index is 2.81. The zero-order valence-corrected chi connectivity index (χ0v) is 16.2. The quantitative estimate of drug-likeness (QED) is 0.607. The molecule has 0 aliphatic heterocycles. The van der Waals surface area contributed by atoms with E-state index in [1.54, 1.807) is 0 Å². The number of halogens is 3. The summed E-state index contributed by atoms with van der Waals surface area (Å²) in [5, 5.41) is 0. The molecule has 0 bridgehead atoms. The second-order valence-electron chi connectivity index (χ2n) is 5.65. The van der Waals surface area contributed by atoms with Crippen molar-refractivity contribution in [3.8, 4) is 5.75 Å². The Morgan fingerprint density at radius 1 is 1.30 bits per heavy atom. The molecular weight excluding hydrogens is 431 g/mol. The number of ether oxygens (including phenoxy) is 1. The van der Waals surface area contributed by atoms with Gasteiger partial charge in [0.2, 0.25) is 9.05 Å². The van der Waals surface area contributed by atoms with E-state index < -0.39 is 9.05 Å². The zero-order chi connectivity index (χ0) is 15.6. The Hall–Kier alpha value is 0.220. The molecule has 0 fully saturated rings. The molecule has 0 aliphatic carbocycles. The third-order valence-electron chi connectivity index (χ3n) is 2.96. The van der Waals surface area contributed by atoms with Gasteiger partial charge in [-0.3, -0.25) is 0 Å². The lowest BCUT2D eigenvalue weighted by atomic mass is 9.82. The van der Waals surface area contributed by atoms with E-state index in [4.69, 9.17) is 15.4 Å². The second kappa shape index (κ2) is 6.99. The van der Waals surface area contributed by atoms with E-state index in [2.05, 4.69) is 31.9 Å². The molecule has 20 heavy (non-hydrogen) atoms. The van der Waals surface area contributed by atoms with Gasteiger partial charge in [-0.2, -0.15) is 0 Å². The highest BCUT2D eigenvalue weighted by Crippen LogP contribution is 2.32. The fourth-order valence-electron chi connectivity index (χ4n) is 1.57. The van der Waals surface area contributed by atoms with Gasteiger partial charge in [0, 0.05) is 21.1 Å². The lowest BCUT2D eigenvalue weighted by Gasteiger charge is -2.29. The summed E-state index contributed by atoms with van der Waals surface area (Å²) < 4.78 is 30.1. The molecule has 114 valence electrons. The van der Waals surface area contributed by atoms with Crippen LogP contribution in [0, 0.1) is 11.3 Å². The van der Waals surface area contributed by atoms with Gasteiger partial charge in [-0.25, -0.2) is 8.42 Å². The van der Waals surface area contributed by atoms with Gasteiger partial charge in [-0.1, -0.05) is 36.7 Å². The SMILES string of the molecule is CC(C)(C)C(COc1ccc(Br)cc1Br)CS(=O)(=O)Cl. The fourth-order valence-corrected chi connectivity index (χ4v) is 4.27. The van der Waals surface area contributed by atoms with Gasteiger partial charge in [-0.05, 0) is 39.5 Å². The van der Waals surface area contributed by atoms with Crippen LogP contribution in [0.3, 0.4) is 0 Å². The Kier molecular flexibility index (Phi) is 6.38. The van der Waals surface area contributed by atoms with Crippen molar-refractivity contribution in [3.63, 3.8) is 0 Å². The molecule has 7 heteroatoms. The molecule has 1 unspecified atom stereocenters. The standard InChI is InChI=1S/C13H17Br2ClO3S/c1-13(2,3)9(8-20(16,17)18)7-19-12-5-4-10(14)6-11(12)15/h4-6,9H,7-8H2,1-3H3. The van der Waals surface area contributed by atoms with Crippen LogP contribution in [0.25, 0.3) is 0 Å². The minimum Gasteiger partial charge on any atom is -0.492 e. The minimum absolute atomic E-state index is 0.105. The molecule has 0 aliphatic rings. The Labute approximate surface area is 141 Å². The lowest BCUT2D eigenvalue weighted by molar-refractivity contribution is 0.163. The first-order chi connectivity index (χ1) is 8.99. The molecular formula is C13H17Br2ClO3S. The van der Waals surface area contributed by atoms with E-state index in [9.17, 15) is 8.42 Å². The van der Waals surface area contributed by atoms with Crippen LogP contribution in [0.5, 0.6) is 5.75 Å². The van der Waals surface area contributed by atoms with Gasteiger partial charge >= 0.3 is 0 Å². The molecule has 1 rings (SSSR count).